The fraction of sp³-hybridized carbons (Fsp3) is 0.0714. The van der Waals surface area contributed by atoms with Gasteiger partial charge in [0.2, 0.25) is 0 Å². The molecule has 92 valence electrons. The van der Waals surface area contributed by atoms with Crippen LogP contribution in [-0.2, 0) is 0 Å². The summed E-state index contributed by atoms with van der Waals surface area (Å²) >= 11 is 3.46. The lowest BCUT2D eigenvalue weighted by molar-refractivity contribution is 0.957. The molecular weight excluding hydrogens is 304 g/mol. The molecular formula is C14H9BrN4. The minimum atomic E-state index is 0.558. The average Bonchev–Trinajstić information content (AvgIpc) is 2.81. The zero-order valence-corrected chi connectivity index (χ0v) is 11.7. The van der Waals surface area contributed by atoms with Gasteiger partial charge < -0.3 is 0 Å². The minimum Gasteiger partial charge on any atom is -0.261 e. The Hall–Kier alpha value is -2.19. The number of hydrogen-bond donors (Lipinski definition) is 0. The Morgan fingerprint density at radius 1 is 1.32 bits per heavy atom. The summed E-state index contributed by atoms with van der Waals surface area (Å²) in [5.41, 5.74) is 4.23. The molecule has 0 unspecified atom stereocenters. The highest BCUT2D eigenvalue weighted by Gasteiger charge is 2.12. The lowest BCUT2D eigenvalue weighted by Gasteiger charge is -2.06. The lowest BCUT2D eigenvalue weighted by atomic mass is 10.1. The molecule has 0 amide bonds. The van der Waals surface area contributed by atoms with Gasteiger partial charge in [-0.15, -0.1) is 0 Å². The number of halogens is 1. The summed E-state index contributed by atoms with van der Waals surface area (Å²) < 4.78 is 2.61. The van der Waals surface area contributed by atoms with Crippen LogP contribution in [0.1, 0.15) is 11.3 Å². The van der Waals surface area contributed by atoms with E-state index in [-0.39, 0.29) is 0 Å². The molecule has 3 aromatic heterocycles. The van der Waals surface area contributed by atoms with Crippen molar-refractivity contribution in [1.82, 2.24) is 14.6 Å². The van der Waals surface area contributed by atoms with E-state index in [1.165, 1.54) is 0 Å². The molecule has 0 saturated heterocycles. The Morgan fingerprint density at radius 2 is 2.16 bits per heavy atom. The van der Waals surface area contributed by atoms with Crippen molar-refractivity contribution in [3.8, 4) is 17.2 Å². The summed E-state index contributed by atoms with van der Waals surface area (Å²) in [4.78, 5) is 4.30. The molecule has 0 radical (unpaired) electrons. The van der Waals surface area contributed by atoms with E-state index in [9.17, 15) is 5.26 Å². The summed E-state index contributed by atoms with van der Waals surface area (Å²) in [6, 6.07) is 8.10. The van der Waals surface area contributed by atoms with Gasteiger partial charge >= 0.3 is 0 Å². The molecule has 4 nitrogen and oxygen atoms in total. The van der Waals surface area contributed by atoms with Crippen LogP contribution in [0.4, 0.5) is 0 Å². The van der Waals surface area contributed by atoms with Crippen molar-refractivity contribution < 1.29 is 0 Å². The second kappa shape index (κ2) is 4.48. The number of hydrogen-bond acceptors (Lipinski definition) is 3. The molecule has 3 rings (SSSR count). The summed E-state index contributed by atoms with van der Waals surface area (Å²) in [7, 11) is 0. The Morgan fingerprint density at radius 3 is 2.84 bits per heavy atom. The van der Waals surface area contributed by atoms with Gasteiger partial charge in [-0.3, -0.25) is 4.98 Å². The molecule has 0 aliphatic rings. The van der Waals surface area contributed by atoms with Crippen molar-refractivity contribution in [2.75, 3.05) is 0 Å². The van der Waals surface area contributed by atoms with Crippen LogP contribution in [0.15, 0.2) is 41.3 Å². The van der Waals surface area contributed by atoms with E-state index in [0.717, 1.165) is 26.8 Å². The normalized spacial score (nSPS) is 10.6. The van der Waals surface area contributed by atoms with Gasteiger partial charge in [0.25, 0.3) is 0 Å². The Balaban J connectivity index is 2.36. The standard InChI is InChI=1S/C14H9BrN4/c1-9-2-3-10(6-17-9)13-4-12(15)8-19-14(13)11(5-16)7-18-19/h2-4,6-8H,1H3. The van der Waals surface area contributed by atoms with Crippen LogP contribution >= 0.6 is 15.9 Å². The first-order chi connectivity index (χ1) is 9.19. The highest BCUT2D eigenvalue weighted by atomic mass is 79.9. The largest absolute Gasteiger partial charge is 0.261 e. The van der Waals surface area contributed by atoms with Crippen molar-refractivity contribution >= 4 is 21.4 Å². The van der Waals surface area contributed by atoms with E-state index in [1.54, 1.807) is 10.7 Å². The van der Waals surface area contributed by atoms with Gasteiger partial charge in [0, 0.05) is 33.7 Å². The summed E-state index contributed by atoms with van der Waals surface area (Å²) in [6.07, 6.45) is 5.22. The van der Waals surface area contributed by atoms with E-state index in [4.69, 9.17) is 0 Å². The average molecular weight is 313 g/mol. The van der Waals surface area contributed by atoms with E-state index in [1.807, 2.05) is 37.5 Å². The van der Waals surface area contributed by atoms with Gasteiger partial charge in [0.1, 0.15) is 6.07 Å². The maximum Gasteiger partial charge on any atom is 0.103 e. The molecule has 0 spiro atoms. The molecule has 0 aliphatic carbocycles. The van der Waals surface area contributed by atoms with Gasteiger partial charge in [0.15, 0.2) is 0 Å². The molecule has 0 atom stereocenters. The molecule has 0 fully saturated rings. The number of pyridine rings is 2. The van der Waals surface area contributed by atoms with Crippen molar-refractivity contribution in [2.45, 2.75) is 6.92 Å². The van der Waals surface area contributed by atoms with Crippen LogP contribution < -0.4 is 0 Å². The predicted molar refractivity (Wildman–Crippen MR) is 75.6 cm³/mol. The number of fused-ring (bicyclic) bond motifs is 1. The quantitative estimate of drug-likeness (QED) is 0.692. The second-order valence-electron chi connectivity index (χ2n) is 4.22. The van der Waals surface area contributed by atoms with E-state index in [2.05, 4.69) is 32.1 Å². The third-order valence-corrected chi connectivity index (χ3v) is 3.35. The van der Waals surface area contributed by atoms with Crippen molar-refractivity contribution in [2.24, 2.45) is 0 Å². The number of aryl methyl sites for hydroxylation is 1. The fourth-order valence-corrected chi connectivity index (χ4v) is 2.44. The number of nitrogens with zero attached hydrogens (tertiary/aromatic N) is 4. The molecule has 3 heterocycles. The molecule has 0 aromatic carbocycles. The van der Waals surface area contributed by atoms with Crippen LogP contribution in [0.5, 0.6) is 0 Å². The van der Waals surface area contributed by atoms with Gasteiger partial charge in [-0.1, -0.05) is 6.07 Å². The summed E-state index contributed by atoms with van der Waals surface area (Å²) in [6.45, 7) is 1.94. The SMILES string of the molecule is Cc1ccc(-c2cc(Br)cn3ncc(C#N)c23)cn1. The molecule has 0 saturated carbocycles. The van der Waals surface area contributed by atoms with Crippen molar-refractivity contribution in [3.05, 3.63) is 52.5 Å². The third-order valence-electron chi connectivity index (χ3n) is 2.92. The smallest absolute Gasteiger partial charge is 0.103 e. The highest BCUT2D eigenvalue weighted by Crippen LogP contribution is 2.29. The maximum absolute atomic E-state index is 9.18. The zero-order valence-electron chi connectivity index (χ0n) is 10.1. The van der Waals surface area contributed by atoms with E-state index < -0.39 is 0 Å². The molecule has 3 aromatic rings. The predicted octanol–water partition coefficient (Wildman–Crippen LogP) is 3.34. The van der Waals surface area contributed by atoms with Crippen LogP contribution in [0, 0.1) is 18.3 Å². The van der Waals surface area contributed by atoms with Crippen molar-refractivity contribution in [1.29, 1.82) is 5.26 Å². The Labute approximate surface area is 118 Å². The van der Waals surface area contributed by atoms with Crippen LogP contribution in [0.3, 0.4) is 0 Å². The Kier molecular flexibility index (Phi) is 2.80. The first kappa shape index (κ1) is 11.9. The number of rotatable bonds is 1. The van der Waals surface area contributed by atoms with Crippen molar-refractivity contribution in [3.63, 3.8) is 0 Å². The monoisotopic (exact) mass is 312 g/mol. The topological polar surface area (TPSA) is 54.0 Å². The van der Waals surface area contributed by atoms with Crippen LogP contribution in [-0.4, -0.2) is 14.6 Å². The summed E-state index contributed by atoms with van der Waals surface area (Å²) in [5, 5.41) is 13.4. The maximum atomic E-state index is 9.18. The van der Waals surface area contributed by atoms with Gasteiger partial charge in [-0.2, -0.15) is 10.4 Å². The van der Waals surface area contributed by atoms with Gasteiger partial charge in [-0.25, -0.2) is 4.52 Å². The number of aromatic nitrogens is 3. The number of nitriles is 1. The Bertz CT molecular complexity index is 797. The molecule has 5 heteroatoms. The molecule has 19 heavy (non-hydrogen) atoms. The van der Waals surface area contributed by atoms with Gasteiger partial charge in [0.05, 0.1) is 17.3 Å². The third kappa shape index (κ3) is 2.00. The molecule has 0 N–H and O–H groups in total. The summed E-state index contributed by atoms with van der Waals surface area (Å²) in [5.74, 6) is 0. The first-order valence-corrected chi connectivity index (χ1v) is 6.48. The first-order valence-electron chi connectivity index (χ1n) is 5.69. The van der Waals surface area contributed by atoms with Gasteiger partial charge in [-0.05, 0) is 35.0 Å². The lowest BCUT2D eigenvalue weighted by Crippen LogP contribution is -1.92. The molecule has 0 aliphatic heterocycles. The van der Waals surface area contributed by atoms with Crippen LogP contribution in [0.2, 0.25) is 0 Å². The fourth-order valence-electron chi connectivity index (χ4n) is 2.02. The van der Waals surface area contributed by atoms with Crippen LogP contribution in [0.25, 0.3) is 16.6 Å². The van der Waals surface area contributed by atoms with E-state index >= 15 is 0 Å². The van der Waals surface area contributed by atoms with E-state index in [0.29, 0.717) is 5.56 Å². The minimum absolute atomic E-state index is 0.558. The zero-order chi connectivity index (χ0) is 13.4. The highest BCUT2D eigenvalue weighted by molar-refractivity contribution is 9.10. The molecule has 0 bridgehead atoms. The second-order valence-corrected chi connectivity index (χ2v) is 5.14.